The van der Waals surface area contributed by atoms with Crippen LogP contribution in [0, 0.1) is 6.92 Å². The van der Waals surface area contributed by atoms with Gasteiger partial charge in [0.05, 0.1) is 18.6 Å². The molecule has 0 spiro atoms. The summed E-state index contributed by atoms with van der Waals surface area (Å²) in [5, 5.41) is 16.4. The van der Waals surface area contributed by atoms with Crippen LogP contribution < -0.4 is 10.1 Å². The van der Waals surface area contributed by atoms with Gasteiger partial charge in [-0.15, -0.1) is 10.2 Å². The van der Waals surface area contributed by atoms with Gasteiger partial charge < -0.3 is 10.1 Å². The van der Waals surface area contributed by atoms with Crippen LogP contribution in [-0.4, -0.2) is 38.6 Å². The van der Waals surface area contributed by atoms with Crippen LogP contribution in [0.4, 0.5) is 5.69 Å². The Hall–Kier alpha value is -3.39. The third kappa shape index (κ3) is 4.38. The minimum absolute atomic E-state index is 0.109. The van der Waals surface area contributed by atoms with Crippen LogP contribution in [0.2, 0.25) is 0 Å². The van der Waals surface area contributed by atoms with Crippen LogP contribution in [0.25, 0.3) is 16.9 Å². The number of rotatable bonds is 6. The number of aryl methyl sites for hydroxylation is 1. The lowest BCUT2D eigenvalue weighted by Crippen LogP contribution is -2.14. The first-order valence-corrected chi connectivity index (χ1v) is 9.97. The van der Waals surface area contributed by atoms with Crippen molar-refractivity contribution in [1.29, 1.82) is 0 Å². The molecule has 0 aliphatic carbocycles. The summed E-state index contributed by atoms with van der Waals surface area (Å²) in [6, 6.07) is 19.1. The highest BCUT2D eigenvalue weighted by molar-refractivity contribution is 7.99. The van der Waals surface area contributed by atoms with Gasteiger partial charge in [-0.1, -0.05) is 29.5 Å². The number of nitrogens with zero attached hydrogens (tertiary/aromatic N) is 4. The average molecular weight is 405 g/mol. The lowest BCUT2D eigenvalue weighted by Gasteiger charge is -2.06. The molecule has 4 rings (SSSR count). The quantitative estimate of drug-likeness (QED) is 0.491. The number of anilines is 1. The molecule has 0 saturated heterocycles. The van der Waals surface area contributed by atoms with E-state index in [2.05, 4.69) is 20.6 Å². The second-order valence-corrected chi connectivity index (χ2v) is 7.35. The van der Waals surface area contributed by atoms with E-state index >= 15 is 0 Å². The second-order valence-electron chi connectivity index (χ2n) is 6.40. The normalized spacial score (nSPS) is 10.8. The fourth-order valence-electron chi connectivity index (χ4n) is 2.74. The van der Waals surface area contributed by atoms with Crippen molar-refractivity contribution >= 4 is 29.0 Å². The van der Waals surface area contributed by atoms with Crippen molar-refractivity contribution in [3.8, 4) is 17.0 Å². The van der Waals surface area contributed by atoms with E-state index in [1.807, 2.05) is 67.6 Å². The summed E-state index contributed by atoms with van der Waals surface area (Å²) < 4.78 is 6.85. The van der Waals surface area contributed by atoms with Crippen molar-refractivity contribution in [2.24, 2.45) is 0 Å². The molecule has 1 N–H and O–H groups in total. The van der Waals surface area contributed by atoms with Gasteiger partial charge in [0.1, 0.15) is 5.75 Å². The van der Waals surface area contributed by atoms with Gasteiger partial charge in [0, 0.05) is 11.3 Å². The Morgan fingerprint density at radius 3 is 2.52 bits per heavy atom. The Morgan fingerprint density at radius 2 is 1.79 bits per heavy atom. The molecule has 2 heterocycles. The average Bonchev–Trinajstić information content (AvgIpc) is 3.16. The Morgan fingerprint density at radius 1 is 1.03 bits per heavy atom. The van der Waals surface area contributed by atoms with E-state index in [0.717, 1.165) is 28.3 Å². The summed E-state index contributed by atoms with van der Waals surface area (Å²) in [6.07, 6.45) is 0. The van der Waals surface area contributed by atoms with Crippen molar-refractivity contribution < 1.29 is 9.53 Å². The SMILES string of the molecule is COc1ccc(-c2ccc3nnc(SCC(=O)Nc4ccc(C)cc4)n3n2)cc1. The zero-order valence-electron chi connectivity index (χ0n) is 16.0. The molecule has 0 aliphatic heterocycles. The molecule has 4 aromatic rings. The van der Waals surface area contributed by atoms with E-state index in [1.165, 1.54) is 11.8 Å². The third-order valence-electron chi connectivity index (χ3n) is 4.29. The highest BCUT2D eigenvalue weighted by Crippen LogP contribution is 2.23. The molecule has 8 heteroatoms. The minimum atomic E-state index is -0.109. The maximum atomic E-state index is 12.3. The van der Waals surface area contributed by atoms with E-state index in [9.17, 15) is 4.79 Å². The molecule has 0 bridgehead atoms. The molecule has 0 fully saturated rings. The molecule has 0 radical (unpaired) electrons. The molecule has 146 valence electrons. The summed E-state index contributed by atoms with van der Waals surface area (Å²) in [5.74, 6) is 0.889. The van der Waals surface area contributed by atoms with E-state index < -0.39 is 0 Å². The lowest BCUT2D eigenvalue weighted by atomic mass is 10.1. The first kappa shape index (κ1) is 18.9. The molecule has 29 heavy (non-hydrogen) atoms. The first-order chi connectivity index (χ1) is 14.1. The number of methoxy groups -OCH3 is 1. The number of carbonyl (C=O) groups is 1. The van der Waals surface area contributed by atoms with E-state index in [1.54, 1.807) is 11.6 Å². The number of thioether (sulfide) groups is 1. The van der Waals surface area contributed by atoms with E-state index in [4.69, 9.17) is 4.74 Å². The van der Waals surface area contributed by atoms with Crippen molar-refractivity contribution in [2.75, 3.05) is 18.2 Å². The number of carbonyl (C=O) groups excluding carboxylic acids is 1. The highest BCUT2D eigenvalue weighted by atomic mass is 32.2. The van der Waals surface area contributed by atoms with Crippen molar-refractivity contribution in [1.82, 2.24) is 19.8 Å². The van der Waals surface area contributed by atoms with Crippen LogP contribution in [-0.2, 0) is 4.79 Å². The number of nitrogens with one attached hydrogen (secondary N) is 1. The maximum Gasteiger partial charge on any atom is 0.234 e. The van der Waals surface area contributed by atoms with Gasteiger partial charge in [-0.05, 0) is 55.5 Å². The smallest absolute Gasteiger partial charge is 0.234 e. The number of hydrogen-bond donors (Lipinski definition) is 1. The van der Waals surface area contributed by atoms with Gasteiger partial charge in [0.15, 0.2) is 5.65 Å². The van der Waals surface area contributed by atoms with Crippen molar-refractivity contribution in [3.05, 3.63) is 66.2 Å². The maximum absolute atomic E-state index is 12.3. The Balaban J connectivity index is 1.48. The van der Waals surface area contributed by atoms with Crippen molar-refractivity contribution in [3.63, 3.8) is 0 Å². The number of aromatic nitrogens is 4. The van der Waals surface area contributed by atoms with Gasteiger partial charge in [-0.2, -0.15) is 9.61 Å². The predicted octanol–water partition coefficient (Wildman–Crippen LogP) is 3.84. The highest BCUT2D eigenvalue weighted by Gasteiger charge is 2.12. The van der Waals surface area contributed by atoms with Crippen LogP contribution in [0.15, 0.2) is 65.8 Å². The Bertz CT molecular complexity index is 1140. The predicted molar refractivity (Wildman–Crippen MR) is 113 cm³/mol. The standard InChI is InChI=1S/C21H19N5O2S/c1-14-3-7-16(8-4-14)22-20(27)13-29-21-24-23-19-12-11-18(25-26(19)21)15-5-9-17(28-2)10-6-15/h3-12H,13H2,1-2H3,(H,22,27). The van der Waals surface area contributed by atoms with Crippen LogP contribution in [0.1, 0.15) is 5.56 Å². The zero-order chi connectivity index (χ0) is 20.2. The molecular formula is C21H19N5O2S. The van der Waals surface area contributed by atoms with Crippen LogP contribution in [0.5, 0.6) is 5.75 Å². The lowest BCUT2D eigenvalue weighted by molar-refractivity contribution is -0.113. The van der Waals surface area contributed by atoms with Gasteiger partial charge in [0.2, 0.25) is 11.1 Å². The minimum Gasteiger partial charge on any atom is -0.497 e. The topological polar surface area (TPSA) is 81.4 Å². The monoisotopic (exact) mass is 405 g/mol. The number of hydrogen-bond acceptors (Lipinski definition) is 6. The van der Waals surface area contributed by atoms with Crippen LogP contribution in [0.3, 0.4) is 0 Å². The number of benzene rings is 2. The third-order valence-corrected chi connectivity index (χ3v) is 5.21. The fraction of sp³-hybridized carbons (Fsp3) is 0.143. The first-order valence-electron chi connectivity index (χ1n) is 8.98. The molecule has 0 saturated carbocycles. The van der Waals surface area contributed by atoms with E-state index in [-0.39, 0.29) is 11.7 Å². The summed E-state index contributed by atoms with van der Waals surface area (Å²) >= 11 is 1.29. The van der Waals surface area contributed by atoms with Gasteiger partial charge in [-0.25, -0.2) is 0 Å². The van der Waals surface area contributed by atoms with Gasteiger partial charge in [0.25, 0.3) is 0 Å². The number of amides is 1. The zero-order valence-corrected chi connectivity index (χ0v) is 16.8. The van der Waals surface area contributed by atoms with Crippen LogP contribution >= 0.6 is 11.8 Å². The summed E-state index contributed by atoms with van der Waals surface area (Å²) in [5.41, 5.74) is 4.28. The molecule has 0 unspecified atom stereocenters. The molecule has 0 aliphatic rings. The Labute approximate surface area is 172 Å². The number of ether oxygens (including phenoxy) is 1. The van der Waals surface area contributed by atoms with E-state index in [0.29, 0.717) is 10.8 Å². The summed E-state index contributed by atoms with van der Waals surface area (Å²) in [6.45, 7) is 2.01. The summed E-state index contributed by atoms with van der Waals surface area (Å²) in [7, 11) is 1.63. The molecule has 1 amide bonds. The largest absolute Gasteiger partial charge is 0.497 e. The molecule has 0 atom stereocenters. The molecule has 7 nitrogen and oxygen atoms in total. The van der Waals surface area contributed by atoms with Gasteiger partial charge >= 0.3 is 0 Å². The summed E-state index contributed by atoms with van der Waals surface area (Å²) in [4.78, 5) is 12.3. The molecule has 2 aromatic carbocycles. The van der Waals surface area contributed by atoms with Crippen molar-refractivity contribution in [2.45, 2.75) is 12.1 Å². The molecular weight excluding hydrogens is 386 g/mol. The molecule has 2 aromatic heterocycles. The fourth-order valence-corrected chi connectivity index (χ4v) is 3.43. The second kappa shape index (κ2) is 8.32. The van der Waals surface area contributed by atoms with Gasteiger partial charge in [-0.3, -0.25) is 4.79 Å². The number of fused-ring (bicyclic) bond motifs is 1. The Kier molecular flexibility index (Phi) is 5.44.